The lowest BCUT2D eigenvalue weighted by atomic mass is 10.1. The van der Waals surface area contributed by atoms with Crippen molar-refractivity contribution in [1.82, 2.24) is 10.2 Å². The number of thioether (sulfide) groups is 1. The number of hydrogen-bond donors (Lipinski definition) is 0. The minimum Gasteiger partial charge on any atom is -0.411 e. The van der Waals surface area contributed by atoms with E-state index in [0.717, 1.165) is 11.1 Å². The molecule has 0 saturated carbocycles. The largest absolute Gasteiger partial charge is 0.411 e. The van der Waals surface area contributed by atoms with Crippen molar-refractivity contribution in [3.05, 3.63) is 64.4 Å². The standard InChI is InChI=1S/C16H12ClFN2OS/c1-10-4-2-5-11(8-10)15-19-20-16(21-15)22-9-12-13(17)6-3-7-14(12)18/h2-8H,9H2,1H3. The van der Waals surface area contributed by atoms with Crippen LogP contribution in [0.5, 0.6) is 0 Å². The average molecular weight is 335 g/mol. The Labute approximate surface area is 136 Å². The second-order valence-corrected chi connectivity index (χ2v) is 6.07. The summed E-state index contributed by atoms with van der Waals surface area (Å²) in [6.45, 7) is 2.00. The molecule has 1 aromatic heterocycles. The number of benzene rings is 2. The Hall–Kier alpha value is -1.85. The van der Waals surface area contributed by atoms with Gasteiger partial charge in [-0.1, -0.05) is 47.1 Å². The zero-order chi connectivity index (χ0) is 15.5. The molecule has 0 radical (unpaired) electrons. The molecule has 0 N–H and O–H groups in total. The maximum Gasteiger partial charge on any atom is 0.277 e. The fourth-order valence-corrected chi connectivity index (χ4v) is 3.07. The van der Waals surface area contributed by atoms with Crippen molar-refractivity contribution in [3.63, 3.8) is 0 Å². The molecule has 22 heavy (non-hydrogen) atoms. The Morgan fingerprint density at radius 3 is 2.77 bits per heavy atom. The summed E-state index contributed by atoms with van der Waals surface area (Å²) in [4.78, 5) is 0. The molecule has 6 heteroatoms. The Morgan fingerprint density at radius 1 is 1.18 bits per heavy atom. The van der Waals surface area contributed by atoms with Gasteiger partial charge in [0.05, 0.1) is 0 Å². The van der Waals surface area contributed by atoms with Crippen LogP contribution in [0.2, 0.25) is 5.02 Å². The van der Waals surface area contributed by atoms with Gasteiger partial charge in [-0.25, -0.2) is 4.39 Å². The molecule has 112 valence electrons. The summed E-state index contributed by atoms with van der Waals surface area (Å²) in [6, 6.07) is 12.4. The highest BCUT2D eigenvalue weighted by molar-refractivity contribution is 7.98. The van der Waals surface area contributed by atoms with Gasteiger partial charge in [-0.15, -0.1) is 10.2 Å². The van der Waals surface area contributed by atoms with Crippen molar-refractivity contribution in [2.24, 2.45) is 0 Å². The molecule has 0 aliphatic heterocycles. The van der Waals surface area contributed by atoms with Crippen molar-refractivity contribution < 1.29 is 8.81 Å². The van der Waals surface area contributed by atoms with E-state index in [9.17, 15) is 4.39 Å². The van der Waals surface area contributed by atoms with Crippen LogP contribution in [-0.4, -0.2) is 10.2 Å². The van der Waals surface area contributed by atoms with E-state index in [0.29, 0.717) is 27.5 Å². The van der Waals surface area contributed by atoms with E-state index >= 15 is 0 Å². The molecule has 0 aliphatic carbocycles. The Bertz CT molecular complexity index is 786. The van der Waals surface area contributed by atoms with Gasteiger partial charge in [0.15, 0.2) is 0 Å². The maximum atomic E-state index is 13.7. The minimum absolute atomic E-state index is 0.334. The molecule has 0 aliphatic rings. The molecule has 0 unspecified atom stereocenters. The monoisotopic (exact) mass is 334 g/mol. The van der Waals surface area contributed by atoms with E-state index in [1.807, 2.05) is 31.2 Å². The number of aromatic nitrogens is 2. The van der Waals surface area contributed by atoms with Crippen LogP contribution in [0.3, 0.4) is 0 Å². The summed E-state index contributed by atoms with van der Waals surface area (Å²) >= 11 is 7.25. The third-order valence-electron chi connectivity index (χ3n) is 3.07. The molecule has 3 rings (SSSR count). The van der Waals surface area contributed by atoms with E-state index < -0.39 is 0 Å². The summed E-state index contributed by atoms with van der Waals surface area (Å²) in [7, 11) is 0. The normalized spacial score (nSPS) is 10.9. The van der Waals surface area contributed by atoms with Crippen molar-refractivity contribution in [1.29, 1.82) is 0 Å². The van der Waals surface area contributed by atoms with Crippen LogP contribution in [0, 0.1) is 12.7 Å². The van der Waals surface area contributed by atoms with E-state index in [1.165, 1.54) is 17.8 Å². The quantitative estimate of drug-likeness (QED) is 0.620. The molecule has 0 bridgehead atoms. The second kappa shape index (κ2) is 6.50. The highest BCUT2D eigenvalue weighted by Gasteiger charge is 2.12. The predicted molar refractivity (Wildman–Crippen MR) is 85.4 cm³/mol. The topological polar surface area (TPSA) is 38.9 Å². The van der Waals surface area contributed by atoms with Crippen molar-refractivity contribution in [3.8, 4) is 11.5 Å². The smallest absolute Gasteiger partial charge is 0.277 e. The van der Waals surface area contributed by atoms with Crippen LogP contribution in [0.15, 0.2) is 52.1 Å². The molecule has 2 aromatic carbocycles. The summed E-state index contributed by atoms with van der Waals surface area (Å²) in [5.41, 5.74) is 2.41. The first kappa shape index (κ1) is 15.1. The Balaban J connectivity index is 1.75. The van der Waals surface area contributed by atoms with Crippen LogP contribution >= 0.6 is 23.4 Å². The highest BCUT2D eigenvalue weighted by atomic mass is 35.5. The summed E-state index contributed by atoms with van der Waals surface area (Å²) < 4.78 is 19.3. The molecule has 0 saturated heterocycles. The summed E-state index contributed by atoms with van der Waals surface area (Å²) in [6.07, 6.45) is 0. The summed E-state index contributed by atoms with van der Waals surface area (Å²) in [5, 5.41) is 8.78. The van der Waals surface area contributed by atoms with Crippen LogP contribution in [0.1, 0.15) is 11.1 Å². The van der Waals surface area contributed by atoms with Crippen molar-refractivity contribution in [2.45, 2.75) is 17.9 Å². The van der Waals surface area contributed by atoms with E-state index in [-0.39, 0.29) is 5.82 Å². The third kappa shape index (κ3) is 3.31. The van der Waals surface area contributed by atoms with Gasteiger partial charge in [-0.3, -0.25) is 0 Å². The summed E-state index contributed by atoms with van der Waals surface area (Å²) in [5.74, 6) is 0.449. The Morgan fingerprint density at radius 2 is 2.00 bits per heavy atom. The van der Waals surface area contributed by atoms with E-state index in [4.69, 9.17) is 16.0 Å². The second-order valence-electron chi connectivity index (χ2n) is 4.73. The van der Waals surface area contributed by atoms with E-state index in [2.05, 4.69) is 10.2 Å². The van der Waals surface area contributed by atoms with Gasteiger partial charge in [0.1, 0.15) is 5.82 Å². The molecular formula is C16H12ClFN2OS. The Kier molecular flexibility index (Phi) is 4.45. The van der Waals surface area contributed by atoms with Crippen LogP contribution in [0.4, 0.5) is 4.39 Å². The molecule has 0 amide bonds. The number of aryl methyl sites for hydroxylation is 1. The van der Waals surface area contributed by atoms with Crippen LogP contribution < -0.4 is 0 Å². The third-order valence-corrected chi connectivity index (χ3v) is 4.27. The molecule has 1 heterocycles. The van der Waals surface area contributed by atoms with E-state index in [1.54, 1.807) is 12.1 Å². The average Bonchev–Trinajstić information content (AvgIpc) is 2.96. The van der Waals surface area contributed by atoms with Gasteiger partial charge in [0.25, 0.3) is 5.22 Å². The fourth-order valence-electron chi connectivity index (χ4n) is 1.97. The van der Waals surface area contributed by atoms with Crippen LogP contribution in [0.25, 0.3) is 11.5 Å². The minimum atomic E-state index is -0.335. The first-order chi connectivity index (χ1) is 10.6. The zero-order valence-electron chi connectivity index (χ0n) is 11.7. The molecular weight excluding hydrogens is 323 g/mol. The van der Waals surface area contributed by atoms with Gasteiger partial charge in [0, 0.05) is 21.9 Å². The first-order valence-corrected chi connectivity index (χ1v) is 7.96. The number of rotatable bonds is 4. The van der Waals surface area contributed by atoms with Crippen molar-refractivity contribution >= 4 is 23.4 Å². The van der Waals surface area contributed by atoms with Crippen LogP contribution in [-0.2, 0) is 5.75 Å². The lowest BCUT2D eigenvalue weighted by Gasteiger charge is -2.03. The molecule has 0 fully saturated rings. The maximum absolute atomic E-state index is 13.7. The SMILES string of the molecule is Cc1cccc(-c2nnc(SCc3c(F)cccc3Cl)o2)c1. The lowest BCUT2D eigenvalue weighted by Crippen LogP contribution is -1.88. The number of hydrogen-bond acceptors (Lipinski definition) is 4. The first-order valence-electron chi connectivity index (χ1n) is 6.60. The van der Waals surface area contributed by atoms with Crippen molar-refractivity contribution in [2.75, 3.05) is 0 Å². The fraction of sp³-hybridized carbons (Fsp3) is 0.125. The van der Waals surface area contributed by atoms with Gasteiger partial charge in [0.2, 0.25) is 5.89 Å². The molecule has 0 spiro atoms. The van der Waals surface area contributed by atoms with Gasteiger partial charge >= 0.3 is 0 Å². The predicted octanol–water partition coefficient (Wildman–Crippen LogP) is 5.13. The zero-order valence-corrected chi connectivity index (χ0v) is 13.3. The highest BCUT2D eigenvalue weighted by Crippen LogP contribution is 2.29. The van der Waals surface area contributed by atoms with Gasteiger partial charge < -0.3 is 4.42 Å². The molecule has 3 nitrogen and oxygen atoms in total. The van der Waals surface area contributed by atoms with Gasteiger partial charge in [-0.2, -0.15) is 0 Å². The number of nitrogens with zero attached hydrogens (tertiary/aromatic N) is 2. The van der Waals surface area contributed by atoms with Gasteiger partial charge in [-0.05, 0) is 31.2 Å². The lowest BCUT2D eigenvalue weighted by molar-refractivity contribution is 0.465. The molecule has 3 aromatic rings. The molecule has 0 atom stereocenters. The number of halogens is 2.